The Hall–Kier alpha value is -0.314. The van der Waals surface area contributed by atoms with Gasteiger partial charge in [0.05, 0.1) is 0 Å². The molecule has 0 heterocycles. The van der Waals surface area contributed by atoms with E-state index in [1.54, 1.807) is 0 Å². The molecule has 0 saturated carbocycles. The minimum atomic E-state index is -5.85. The molecule has 0 unspecified atom stereocenters. The number of carbonyl (C=O) groups is 2. The molecule has 0 fully saturated rings. The molecule has 0 rings (SSSR count). The summed E-state index contributed by atoms with van der Waals surface area (Å²) in [6.07, 6.45) is -5.85. The number of halogens is 6. The molecule has 80 valence electrons. The van der Waals surface area contributed by atoms with Crippen LogP contribution in [0.1, 0.15) is 0 Å². The molecule has 0 aliphatic rings. The molecule has 14 heavy (non-hydrogen) atoms. The van der Waals surface area contributed by atoms with E-state index >= 15 is 0 Å². The van der Waals surface area contributed by atoms with Gasteiger partial charge in [0.25, 0.3) is 0 Å². The molecular weight excluding hydrogens is 230 g/mol. The van der Waals surface area contributed by atoms with Gasteiger partial charge in [-0.2, -0.15) is 22.0 Å². The maximum atomic E-state index is 12.0. The number of rotatable bonds is 3. The Morgan fingerprint density at radius 1 is 1.00 bits per heavy atom. The van der Waals surface area contributed by atoms with Crippen LogP contribution in [-0.2, 0) is 9.59 Å². The Morgan fingerprint density at radius 3 is 1.57 bits per heavy atom. The van der Waals surface area contributed by atoms with Crippen LogP contribution < -0.4 is 0 Å². The average molecular weight is 234 g/mol. The largest absolute Gasteiger partial charge is 0.456 e. The molecule has 0 bridgehead atoms. The fourth-order valence-electron chi connectivity index (χ4n) is 0.389. The van der Waals surface area contributed by atoms with Crippen molar-refractivity contribution in [3.8, 4) is 0 Å². The Morgan fingerprint density at radius 2 is 1.36 bits per heavy atom. The van der Waals surface area contributed by atoms with Crippen molar-refractivity contribution in [1.82, 2.24) is 0 Å². The van der Waals surface area contributed by atoms with Gasteiger partial charge in [0, 0.05) is 0 Å². The average Bonchev–Trinajstić information content (AvgIpc) is 1.99. The lowest BCUT2D eigenvalue weighted by atomic mass is 10.1. The quantitative estimate of drug-likeness (QED) is 0.402. The molecule has 0 aliphatic carbocycles. The highest BCUT2D eigenvalue weighted by Gasteiger charge is 2.59. The molecule has 0 aromatic carbocycles. The summed E-state index contributed by atoms with van der Waals surface area (Å²) in [6, 6.07) is 0. The van der Waals surface area contributed by atoms with Crippen molar-refractivity contribution < 1.29 is 35.9 Å². The van der Waals surface area contributed by atoms with Crippen molar-refractivity contribution in [3.63, 3.8) is 0 Å². The molecule has 0 atom stereocenters. The first-order chi connectivity index (χ1) is 5.64. The number of ketones is 2. The zero-order valence-electron chi connectivity index (χ0n) is 5.79. The molecular formula is C5H4F6MgO2. The summed E-state index contributed by atoms with van der Waals surface area (Å²) in [5, 5.41) is 0. The fourth-order valence-corrected chi connectivity index (χ4v) is 0.389. The normalized spacial score (nSPS) is 11.9. The topological polar surface area (TPSA) is 34.1 Å². The van der Waals surface area contributed by atoms with Gasteiger partial charge in [-0.3, -0.25) is 9.59 Å². The monoisotopic (exact) mass is 234 g/mol. The summed E-state index contributed by atoms with van der Waals surface area (Å²) in [6.45, 7) is -2.32. The van der Waals surface area contributed by atoms with Crippen LogP contribution in [-0.4, -0.2) is 53.4 Å². The summed E-state index contributed by atoms with van der Waals surface area (Å²) in [4.78, 5) is 19.7. The van der Waals surface area contributed by atoms with E-state index in [2.05, 4.69) is 0 Å². The standard InChI is InChI=1S/C5H2F6O2.Mg.2H/c6-1-2(12)4(7,8)3(13)5(9,10)11;;;/h1H2;;;. The number of Topliss-reactive ketones (excluding diaryl/α,β-unsaturated/α-hetero) is 2. The SMILES string of the molecule is O=C(CF)C(F)(F)C(=O)C(F)(F)F.[MgH2]. The maximum absolute atomic E-state index is 12.0. The van der Waals surface area contributed by atoms with Crippen LogP contribution in [0.2, 0.25) is 0 Å². The maximum Gasteiger partial charge on any atom is 0.456 e. The molecule has 0 saturated heterocycles. The molecule has 2 nitrogen and oxygen atoms in total. The van der Waals surface area contributed by atoms with Gasteiger partial charge in [-0.1, -0.05) is 0 Å². The highest BCUT2D eigenvalue weighted by molar-refractivity contribution is 6.11. The van der Waals surface area contributed by atoms with Crippen molar-refractivity contribution in [2.24, 2.45) is 0 Å². The van der Waals surface area contributed by atoms with Gasteiger partial charge in [0.1, 0.15) is 0 Å². The van der Waals surface area contributed by atoms with Crippen molar-refractivity contribution >= 4 is 34.6 Å². The third kappa shape index (κ3) is 3.44. The summed E-state index contributed by atoms with van der Waals surface area (Å²) in [5.74, 6) is -11.6. The van der Waals surface area contributed by atoms with E-state index in [4.69, 9.17) is 0 Å². The van der Waals surface area contributed by atoms with E-state index in [1.807, 2.05) is 0 Å². The first-order valence-electron chi connectivity index (χ1n) is 2.72. The summed E-state index contributed by atoms with van der Waals surface area (Å²) in [7, 11) is 0. The third-order valence-corrected chi connectivity index (χ3v) is 1.01. The minimum absolute atomic E-state index is 0. The van der Waals surface area contributed by atoms with Crippen LogP contribution in [0.4, 0.5) is 26.3 Å². The second-order valence-electron chi connectivity index (χ2n) is 1.96. The highest BCUT2D eigenvalue weighted by Crippen LogP contribution is 2.28. The lowest BCUT2D eigenvalue weighted by Crippen LogP contribution is -2.46. The van der Waals surface area contributed by atoms with Crippen LogP contribution in [0.3, 0.4) is 0 Å². The van der Waals surface area contributed by atoms with Crippen LogP contribution in [0, 0.1) is 0 Å². The molecule has 0 amide bonds. The Bertz CT molecular complexity index is 235. The van der Waals surface area contributed by atoms with Gasteiger partial charge < -0.3 is 0 Å². The lowest BCUT2D eigenvalue weighted by Gasteiger charge is -2.13. The predicted octanol–water partition coefficient (Wildman–Crippen LogP) is 0.376. The molecule has 0 N–H and O–H groups in total. The van der Waals surface area contributed by atoms with E-state index in [9.17, 15) is 35.9 Å². The van der Waals surface area contributed by atoms with Gasteiger partial charge >= 0.3 is 40.9 Å². The molecule has 0 radical (unpaired) electrons. The lowest BCUT2D eigenvalue weighted by molar-refractivity contribution is -0.196. The van der Waals surface area contributed by atoms with Gasteiger partial charge in [-0.25, -0.2) is 4.39 Å². The predicted molar refractivity (Wildman–Crippen MR) is 35.5 cm³/mol. The molecule has 0 aromatic heterocycles. The first kappa shape index (κ1) is 16.1. The smallest absolute Gasteiger partial charge is 0.289 e. The number of alkyl halides is 6. The first-order valence-corrected chi connectivity index (χ1v) is 2.72. The summed E-state index contributed by atoms with van der Waals surface area (Å²) in [5.41, 5.74) is 0. The van der Waals surface area contributed by atoms with Crippen LogP contribution >= 0.6 is 0 Å². The summed E-state index contributed by atoms with van der Waals surface area (Å²) < 4.78 is 69.4. The highest BCUT2D eigenvalue weighted by atomic mass is 24.3. The van der Waals surface area contributed by atoms with E-state index in [1.165, 1.54) is 0 Å². The zero-order valence-corrected chi connectivity index (χ0v) is 5.79. The van der Waals surface area contributed by atoms with Gasteiger partial charge in [0.2, 0.25) is 5.78 Å². The summed E-state index contributed by atoms with van der Waals surface area (Å²) >= 11 is 0. The fraction of sp³-hybridized carbons (Fsp3) is 0.600. The number of carbonyl (C=O) groups excluding carboxylic acids is 2. The van der Waals surface area contributed by atoms with Gasteiger partial charge in [-0.05, 0) is 0 Å². The molecule has 0 aliphatic heterocycles. The molecule has 9 heteroatoms. The number of hydrogen-bond acceptors (Lipinski definition) is 2. The second kappa shape index (κ2) is 4.96. The minimum Gasteiger partial charge on any atom is -0.289 e. The molecule has 0 spiro atoms. The van der Waals surface area contributed by atoms with E-state index in [-0.39, 0.29) is 23.1 Å². The van der Waals surface area contributed by atoms with Gasteiger partial charge in [0.15, 0.2) is 6.67 Å². The molecule has 0 aromatic rings. The van der Waals surface area contributed by atoms with Crippen LogP contribution in [0.25, 0.3) is 0 Å². The van der Waals surface area contributed by atoms with E-state index in [0.717, 1.165) is 0 Å². The van der Waals surface area contributed by atoms with E-state index in [0.29, 0.717) is 0 Å². The van der Waals surface area contributed by atoms with Crippen molar-refractivity contribution in [3.05, 3.63) is 0 Å². The Kier molecular flexibility index (Phi) is 5.72. The second-order valence-corrected chi connectivity index (χ2v) is 1.96. The number of hydrogen-bond donors (Lipinski definition) is 0. The zero-order chi connectivity index (χ0) is 10.9. The Balaban J connectivity index is 0. The third-order valence-electron chi connectivity index (χ3n) is 1.01. The van der Waals surface area contributed by atoms with Crippen molar-refractivity contribution in [2.75, 3.05) is 6.67 Å². The van der Waals surface area contributed by atoms with Crippen LogP contribution in [0.5, 0.6) is 0 Å². The van der Waals surface area contributed by atoms with Crippen LogP contribution in [0.15, 0.2) is 0 Å². The van der Waals surface area contributed by atoms with Crippen molar-refractivity contribution in [2.45, 2.75) is 12.1 Å². The Labute approximate surface area is 89.8 Å². The van der Waals surface area contributed by atoms with E-state index < -0.39 is 30.3 Å². The van der Waals surface area contributed by atoms with Crippen molar-refractivity contribution in [1.29, 1.82) is 0 Å². The van der Waals surface area contributed by atoms with Gasteiger partial charge in [-0.15, -0.1) is 0 Å².